The quantitative estimate of drug-likeness (QED) is 0.478. The van der Waals surface area contributed by atoms with Gasteiger partial charge in [0.05, 0.1) is 5.39 Å². The Morgan fingerprint density at radius 3 is 2.96 bits per heavy atom. The second-order valence-corrected chi connectivity index (χ2v) is 7.65. The zero-order chi connectivity index (χ0) is 19.5. The summed E-state index contributed by atoms with van der Waals surface area (Å²) in [5, 5.41) is 6.18. The van der Waals surface area contributed by atoms with Crippen LogP contribution in [0.3, 0.4) is 0 Å². The van der Waals surface area contributed by atoms with E-state index in [0.29, 0.717) is 6.54 Å². The number of rotatable bonds is 6. The molecular weight excluding hydrogens is 370 g/mol. The number of thioether (sulfide) groups is 1. The van der Waals surface area contributed by atoms with E-state index >= 15 is 0 Å². The van der Waals surface area contributed by atoms with Crippen LogP contribution in [0.5, 0.6) is 0 Å². The molecule has 1 aliphatic heterocycles. The summed E-state index contributed by atoms with van der Waals surface area (Å²) >= 11 is 1.60. The van der Waals surface area contributed by atoms with Gasteiger partial charge in [-0.1, -0.05) is 30.5 Å². The zero-order valence-corrected chi connectivity index (χ0v) is 16.4. The highest BCUT2D eigenvalue weighted by atomic mass is 32.2. The van der Waals surface area contributed by atoms with Gasteiger partial charge in [0.1, 0.15) is 17.8 Å². The van der Waals surface area contributed by atoms with Crippen molar-refractivity contribution in [3.05, 3.63) is 59.9 Å². The molecule has 1 amide bonds. The van der Waals surface area contributed by atoms with Crippen molar-refractivity contribution in [1.29, 1.82) is 0 Å². The van der Waals surface area contributed by atoms with Gasteiger partial charge in [-0.05, 0) is 48.1 Å². The van der Waals surface area contributed by atoms with Crippen molar-refractivity contribution in [2.45, 2.75) is 18.2 Å². The van der Waals surface area contributed by atoms with Crippen LogP contribution in [-0.2, 0) is 4.79 Å². The Hall–Kier alpha value is -3.06. The maximum atomic E-state index is 10.9. The monoisotopic (exact) mass is 391 g/mol. The number of nitrogens with one attached hydrogen (secondary N) is 2. The van der Waals surface area contributed by atoms with Crippen molar-refractivity contribution in [3.8, 4) is 0 Å². The molecule has 0 radical (unpaired) electrons. The van der Waals surface area contributed by atoms with Gasteiger partial charge < -0.3 is 15.2 Å². The van der Waals surface area contributed by atoms with Gasteiger partial charge in [-0.2, -0.15) is 0 Å². The number of aryl methyl sites for hydroxylation is 1. The second kappa shape index (κ2) is 7.90. The molecule has 6 nitrogen and oxygen atoms in total. The first-order valence-corrected chi connectivity index (χ1v) is 9.93. The zero-order valence-electron chi connectivity index (χ0n) is 15.6. The average Bonchev–Trinajstić information content (AvgIpc) is 3.16. The Labute approximate surface area is 167 Å². The predicted octanol–water partition coefficient (Wildman–Crippen LogP) is 4.49. The van der Waals surface area contributed by atoms with Crippen molar-refractivity contribution in [2.24, 2.45) is 0 Å². The molecule has 2 aromatic heterocycles. The van der Waals surface area contributed by atoms with E-state index in [1.54, 1.807) is 23.0 Å². The summed E-state index contributed by atoms with van der Waals surface area (Å²) in [7, 11) is 0. The molecule has 1 aliphatic rings. The molecule has 0 fully saturated rings. The van der Waals surface area contributed by atoms with Crippen LogP contribution in [0, 0.1) is 6.92 Å². The lowest BCUT2D eigenvalue weighted by Gasteiger charge is -2.21. The Balaban J connectivity index is 1.65. The number of nitrogens with zero attached hydrogens (tertiary/aromatic N) is 3. The normalized spacial score (nSPS) is 14.0. The first-order valence-electron chi connectivity index (χ1n) is 9.05. The molecule has 0 bridgehead atoms. The van der Waals surface area contributed by atoms with Crippen LogP contribution in [0.15, 0.2) is 53.6 Å². The molecule has 0 saturated carbocycles. The first-order chi connectivity index (χ1) is 13.7. The minimum absolute atomic E-state index is 0.637. The molecule has 0 atom stereocenters. The van der Waals surface area contributed by atoms with E-state index in [2.05, 4.69) is 58.0 Å². The highest BCUT2D eigenvalue weighted by Crippen LogP contribution is 2.31. The number of benzene rings is 1. The summed E-state index contributed by atoms with van der Waals surface area (Å²) in [6, 6.07) is 8.30. The second-order valence-electron chi connectivity index (χ2n) is 6.64. The van der Waals surface area contributed by atoms with Crippen LogP contribution in [0.4, 0.5) is 11.5 Å². The SMILES string of the molecule is C=CSc1cc(Nc2ncnc3[nH]c(C4=CCN(C=O)CC4)cc23)ccc1C. The lowest BCUT2D eigenvalue weighted by Crippen LogP contribution is -2.26. The van der Waals surface area contributed by atoms with E-state index in [0.717, 1.165) is 52.5 Å². The Bertz CT molecular complexity index is 1070. The van der Waals surface area contributed by atoms with Crippen LogP contribution in [0.2, 0.25) is 0 Å². The smallest absolute Gasteiger partial charge is 0.209 e. The third-order valence-electron chi connectivity index (χ3n) is 4.82. The fourth-order valence-electron chi connectivity index (χ4n) is 3.27. The van der Waals surface area contributed by atoms with Crippen molar-refractivity contribution in [1.82, 2.24) is 19.9 Å². The topological polar surface area (TPSA) is 73.9 Å². The highest BCUT2D eigenvalue weighted by molar-refractivity contribution is 8.02. The Morgan fingerprint density at radius 2 is 2.21 bits per heavy atom. The molecule has 7 heteroatoms. The number of aromatic amines is 1. The average molecular weight is 392 g/mol. The molecule has 4 rings (SSSR count). The lowest BCUT2D eigenvalue weighted by molar-refractivity contribution is -0.117. The van der Waals surface area contributed by atoms with Gasteiger partial charge in [0.25, 0.3) is 0 Å². The van der Waals surface area contributed by atoms with Gasteiger partial charge in [-0.15, -0.1) is 0 Å². The van der Waals surface area contributed by atoms with E-state index < -0.39 is 0 Å². The number of H-pyrrole nitrogens is 1. The van der Waals surface area contributed by atoms with Gasteiger partial charge in [0.15, 0.2) is 0 Å². The number of hydrogen-bond acceptors (Lipinski definition) is 5. The molecule has 0 aliphatic carbocycles. The van der Waals surface area contributed by atoms with Crippen LogP contribution in [-0.4, -0.2) is 39.4 Å². The molecule has 0 saturated heterocycles. The van der Waals surface area contributed by atoms with Gasteiger partial charge in [-0.3, -0.25) is 4.79 Å². The summed E-state index contributed by atoms with van der Waals surface area (Å²) in [4.78, 5) is 26.0. The van der Waals surface area contributed by atoms with Gasteiger partial charge in [-0.25, -0.2) is 9.97 Å². The van der Waals surface area contributed by atoms with Crippen molar-refractivity contribution >= 4 is 46.3 Å². The molecule has 3 heterocycles. The number of carbonyl (C=O) groups is 1. The largest absolute Gasteiger partial charge is 0.341 e. The van der Waals surface area contributed by atoms with Gasteiger partial charge >= 0.3 is 0 Å². The lowest BCUT2D eigenvalue weighted by atomic mass is 10.1. The van der Waals surface area contributed by atoms with E-state index in [1.807, 2.05) is 11.5 Å². The molecule has 1 aromatic carbocycles. The van der Waals surface area contributed by atoms with Gasteiger partial charge in [0.2, 0.25) is 6.41 Å². The van der Waals surface area contributed by atoms with Crippen LogP contribution >= 0.6 is 11.8 Å². The van der Waals surface area contributed by atoms with Crippen LogP contribution < -0.4 is 5.32 Å². The van der Waals surface area contributed by atoms with E-state index in [1.165, 1.54) is 11.1 Å². The molecule has 3 aromatic rings. The Morgan fingerprint density at radius 1 is 1.32 bits per heavy atom. The van der Waals surface area contributed by atoms with Crippen LogP contribution in [0.1, 0.15) is 17.7 Å². The van der Waals surface area contributed by atoms with Crippen molar-refractivity contribution < 1.29 is 4.79 Å². The number of carbonyl (C=O) groups excluding carboxylic acids is 1. The predicted molar refractivity (Wildman–Crippen MR) is 115 cm³/mol. The number of fused-ring (bicyclic) bond motifs is 1. The summed E-state index contributed by atoms with van der Waals surface area (Å²) in [5.74, 6) is 0.761. The first kappa shape index (κ1) is 18.3. The van der Waals surface area contributed by atoms with Gasteiger partial charge in [0, 0.05) is 29.4 Å². The highest BCUT2D eigenvalue weighted by Gasteiger charge is 2.15. The fraction of sp³-hybridized carbons (Fsp3) is 0.190. The summed E-state index contributed by atoms with van der Waals surface area (Å²) in [5.41, 5.74) is 5.19. The van der Waals surface area contributed by atoms with E-state index in [-0.39, 0.29) is 0 Å². The maximum absolute atomic E-state index is 10.9. The molecule has 28 heavy (non-hydrogen) atoms. The Kier molecular flexibility index (Phi) is 5.16. The number of anilines is 2. The molecular formula is C21H21N5OS. The van der Waals surface area contributed by atoms with E-state index in [4.69, 9.17) is 0 Å². The summed E-state index contributed by atoms with van der Waals surface area (Å²) < 4.78 is 0. The fourth-order valence-corrected chi connectivity index (χ4v) is 3.90. The van der Waals surface area contributed by atoms with Crippen molar-refractivity contribution in [3.63, 3.8) is 0 Å². The minimum atomic E-state index is 0.637. The molecule has 0 unspecified atom stereocenters. The summed E-state index contributed by atoms with van der Waals surface area (Å²) in [6.45, 7) is 7.25. The van der Waals surface area contributed by atoms with Crippen molar-refractivity contribution in [2.75, 3.05) is 18.4 Å². The maximum Gasteiger partial charge on any atom is 0.209 e. The number of hydrogen-bond donors (Lipinski definition) is 2. The third kappa shape index (κ3) is 3.66. The summed E-state index contributed by atoms with van der Waals surface area (Å²) in [6.07, 6.45) is 5.36. The standard InChI is InChI=1S/C21H21N5OS/c1-3-28-19-10-16(5-4-14(19)2)24-20-17-11-18(25-21(17)23-12-22-20)15-6-8-26(13-27)9-7-15/h3-6,10-13H,1,7-9H2,2H3,(H2,22,23,24,25). The molecule has 2 N–H and O–H groups in total. The number of aromatic nitrogens is 3. The molecule has 142 valence electrons. The van der Waals surface area contributed by atoms with Crippen LogP contribution in [0.25, 0.3) is 16.6 Å². The number of amides is 1. The molecule has 0 spiro atoms. The minimum Gasteiger partial charge on any atom is -0.341 e. The third-order valence-corrected chi connectivity index (χ3v) is 5.68. The van der Waals surface area contributed by atoms with E-state index in [9.17, 15) is 4.79 Å².